The summed E-state index contributed by atoms with van der Waals surface area (Å²) in [5.74, 6) is -0.400. The Kier molecular flexibility index (Phi) is 4.14. The Morgan fingerprint density at radius 3 is 2.35 bits per heavy atom. The number of rotatable bonds is 3. The molecule has 1 aliphatic carbocycles. The molecule has 3 amide bonds. The predicted molar refractivity (Wildman–Crippen MR) is 92.7 cm³/mol. The van der Waals surface area contributed by atoms with Crippen molar-refractivity contribution in [3.63, 3.8) is 0 Å². The summed E-state index contributed by atoms with van der Waals surface area (Å²) in [7, 11) is 0. The summed E-state index contributed by atoms with van der Waals surface area (Å²) in [6.07, 6.45) is 4.97. The van der Waals surface area contributed by atoms with Gasteiger partial charge in [-0.3, -0.25) is 19.3 Å². The third-order valence-corrected chi connectivity index (χ3v) is 5.12. The molecule has 2 aliphatic heterocycles. The summed E-state index contributed by atoms with van der Waals surface area (Å²) < 4.78 is 11.0. The van der Waals surface area contributed by atoms with Gasteiger partial charge in [0.1, 0.15) is 19.3 Å². The van der Waals surface area contributed by atoms with Crippen molar-refractivity contribution in [3.8, 4) is 11.5 Å². The van der Waals surface area contributed by atoms with E-state index in [1.807, 2.05) is 12.2 Å². The van der Waals surface area contributed by atoms with Gasteiger partial charge in [0, 0.05) is 11.8 Å². The number of carbonyl (C=O) groups is 3. The lowest BCUT2D eigenvalue weighted by molar-refractivity contribution is -0.146. The van der Waals surface area contributed by atoms with Crippen LogP contribution < -0.4 is 14.8 Å². The number of carbonyl (C=O) groups excluding carboxylic acids is 3. The van der Waals surface area contributed by atoms with Crippen molar-refractivity contribution in [2.75, 3.05) is 18.5 Å². The molecular weight excluding hydrogens is 336 g/mol. The minimum Gasteiger partial charge on any atom is -0.486 e. The van der Waals surface area contributed by atoms with Crippen LogP contribution in [0.3, 0.4) is 0 Å². The van der Waals surface area contributed by atoms with Crippen molar-refractivity contribution >= 4 is 23.4 Å². The lowest BCUT2D eigenvalue weighted by Gasteiger charge is -2.23. The van der Waals surface area contributed by atoms with Crippen molar-refractivity contribution in [1.82, 2.24) is 4.90 Å². The second-order valence-electron chi connectivity index (χ2n) is 6.73. The number of fused-ring (bicyclic) bond motifs is 2. The van der Waals surface area contributed by atoms with Gasteiger partial charge in [-0.15, -0.1) is 0 Å². The lowest BCUT2D eigenvalue weighted by Crippen LogP contribution is -2.46. The van der Waals surface area contributed by atoms with Crippen molar-refractivity contribution in [3.05, 3.63) is 30.4 Å². The molecule has 3 atom stereocenters. The highest BCUT2D eigenvalue weighted by atomic mass is 16.6. The first-order valence-electron chi connectivity index (χ1n) is 8.78. The van der Waals surface area contributed by atoms with Gasteiger partial charge in [-0.05, 0) is 31.9 Å². The predicted octanol–water partition coefficient (Wildman–Crippen LogP) is 1.74. The number of amides is 3. The first-order chi connectivity index (χ1) is 12.6. The highest BCUT2D eigenvalue weighted by Crippen LogP contribution is 2.36. The highest BCUT2D eigenvalue weighted by Gasteiger charge is 2.50. The van der Waals surface area contributed by atoms with E-state index in [1.54, 1.807) is 25.1 Å². The van der Waals surface area contributed by atoms with E-state index in [9.17, 15) is 14.4 Å². The number of allylic oxidation sites excluding steroid dienone is 2. The number of anilines is 1. The molecule has 3 aliphatic rings. The molecule has 7 heteroatoms. The number of nitrogens with zero attached hydrogens (tertiary/aromatic N) is 1. The molecule has 26 heavy (non-hydrogen) atoms. The van der Waals surface area contributed by atoms with Gasteiger partial charge in [0.2, 0.25) is 17.7 Å². The van der Waals surface area contributed by atoms with Crippen molar-refractivity contribution in [2.45, 2.75) is 25.8 Å². The molecule has 1 fully saturated rings. The van der Waals surface area contributed by atoms with Gasteiger partial charge in [0.25, 0.3) is 0 Å². The first-order valence-corrected chi connectivity index (χ1v) is 8.78. The maximum atomic E-state index is 12.6. The average Bonchev–Trinajstić information content (AvgIpc) is 2.92. The molecule has 1 saturated heterocycles. The zero-order valence-corrected chi connectivity index (χ0v) is 14.4. The quantitative estimate of drug-likeness (QED) is 0.659. The van der Waals surface area contributed by atoms with Crippen molar-refractivity contribution in [2.24, 2.45) is 11.8 Å². The summed E-state index contributed by atoms with van der Waals surface area (Å²) in [6, 6.07) is 4.24. The van der Waals surface area contributed by atoms with E-state index in [0.717, 1.165) is 4.90 Å². The molecule has 4 rings (SSSR count). The van der Waals surface area contributed by atoms with Gasteiger partial charge in [-0.2, -0.15) is 0 Å². The van der Waals surface area contributed by atoms with Crippen LogP contribution in [-0.4, -0.2) is 41.9 Å². The van der Waals surface area contributed by atoms with Gasteiger partial charge < -0.3 is 14.8 Å². The van der Waals surface area contributed by atoms with E-state index in [0.29, 0.717) is 43.2 Å². The van der Waals surface area contributed by atoms with Crippen LogP contribution in [0.5, 0.6) is 11.5 Å². The van der Waals surface area contributed by atoms with Crippen LogP contribution >= 0.6 is 0 Å². The molecule has 7 nitrogen and oxygen atoms in total. The molecule has 0 unspecified atom stereocenters. The van der Waals surface area contributed by atoms with Crippen LogP contribution in [0.4, 0.5) is 5.69 Å². The molecule has 1 aromatic carbocycles. The fraction of sp³-hybridized carbons (Fsp3) is 0.421. The maximum Gasteiger partial charge on any atom is 0.247 e. The molecule has 136 valence electrons. The number of benzene rings is 1. The normalized spacial score (nSPS) is 25.0. The molecule has 1 N–H and O–H groups in total. The van der Waals surface area contributed by atoms with Gasteiger partial charge in [0.15, 0.2) is 11.5 Å². The Labute approximate surface area is 150 Å². The van der Waals surface area contributed by atoms with Crippen LogP contribution in [0.1, 0.15) is 19.8 Å². The van der Waals surface area contributed by atoms with Crippen molar-refractivity contribution < 1.29 is 23.9 Å². The van der Waals surface area contributed by atoms with Crippen LogP contribution in [0.15, 0.2) is 30.4 Å². The second kappa shape index (κ2) is 6.48. The van der Waals surface area contributed by atoms with E-state index in [-0.39, 0.29) is 23.7 Å². The topological polar surface area (TPSA) is 84.9 Å². The highest BCUT2D eigenvalue weighted by molar-refractivity contribution is 6.10. The Balaban J connectivity index is 1.48. The summed E-state index contributed by atoms with van der Waals surface area (Å²) in [5.41, 5.74) is 0.532. The van der Waals surface area contributed by atoms with Gasteiger partial charge in [0.05, 0.1) is 11.8 Å². The Morgan fingerprint density at radius 2 is 1.69 bits per heavy atom. The summed E-state index contributed by atoms with van der Waals surface area (Å²) in [6.45, 7) is 2.52. The van der Waals surface area contributed by atoms with E-state index >= 15 is 0 Å². The van der Waals surface area contributed by atoms with E-state index < -0.39 is 11.9 Å². The summed E-state index contributed by atoms with van der Waals surface area (Å²) >= 11 is 0. The molecular formula is C19H20N2O5. The molecule has 0 aromatic heterocycles. The molecule has 0 radical (unpaired) electrons. The summed E-state index contributed by atoms with van der Waals surface area (Å²) in [4.78, 5) is 38.9. The van der Waals surface area contributed by atoms with Crippen LogP contribution in [-0.2, 0) is 14.4 Å². The number of hydrogen-bond donors (Lipinski definition) is 1. The van der Waals surface area contributed by atoms with E-state index in [4.69, 9.17) is 9.47 Å². The largest absolute Gasteiger partial charge is 0.486 e. The zero-order valence-electron chi connectivity index (χ0n) is 14.4. The standard InChI is InChI=1S/C19H20N2O5/c1-11(21-18(23)13-4-2-3-5-14(13)19(21)24)17(22)20-12-6-7-15-16(10-12)26-9-8-25-15/h2-3,6-7,10-11,13-14H,4-5,8-9H2,1H3,(H,20,22)/t11-,13-,14-/m1/s1. The minimum atomic E-state index is -0.867. The molecule has 1 aromatic rings. The smallest absolute Gasteiger partial charge is 0.247 e. The minimum absolute atomic E-state index is 0.255. The molecule has 2 heterocycles. The Hall–Kier alpha value is -2.83. The third-order valence-electron chi connectivity index (χ3n) is 5.12. The lowest BCUT2D eigenvalue weighted by atomic mass is 9.85. The molecule has 0 spiro atoms. The molecule has 0 bridgehead atoms. The number of nitrogens with one attached hydrogen (secondary N) is 1. The number of imide groups is 1. The average molecular weight is 356 g/mol. The van der Waals surface area contributed by atoms with Crippen molar-refractivity contribution in [1.29, 1.82) is 0 Å². The first kappa shape index (κ1) is 16.6. The number of hydrogen-bond acceptors (Lipinski definition) is 5. The number of ether oxygens (including phenoxy) is 2. The zero-order chi connectivity index (χ0) is 18.3. The van der Waals surface area contributed by atoms with Gasteiger partial charge >= 0.3 is 0 Å². The SMILES string of the molecule is C[C@H](C(=O)Nc1ccc2c(c1)OCCO2)N1C(=O)[C@@H]2CC=CC[C@H]2C1=O. The second-order valence-corrected chi connectivity index (χ2v) is 6.73. The van der Waals surface area contributed by atoms with E-state index in [2.05, 4.69) is 5.32 Å². The fourth-order valence-electron chi connectivity index (χ4n) is 3.69. The van der Waals surface area contributed by atoms with Gasteiger partial charge in [-0.1, -0.05) is 12.2 Å². The monoisotopic (exact) mass is 356 g/mol. The summed E-state index contributed by atoms with van der Waals surface area (Å²) in [5, 5.41) is 2.75. The maximum absolute atomic E-state index is 12.6. The van der Waals surface area contributed by atoms with Crippen LogP contribution in [0, 0.1) is 11.8 Å². The third kappa shape index (κ3) is 2.73. The Bertz CT molecular complexity index is 777. The van der Waals surface area contributed by atoms with Crippen LogP contribution in [0.25, 0.3) is 0 Å². The molecule has 0 saturated carbocycles. The fourth-order valence-corrected chi connectivity index (χ4v) is 3.69. The Morgan fingerprint density at radius 1 is 1.08 bits per heavy atom. The number of likely N-dealkylation sites (tertiary alicyclic amines) is 1. The van der Waals surface area contributed by atoms with Gasteiger partial charge in [-0.25, -0.2) is 0 Å². The van der Waals surface area contributed by atoms with Crippen LogP contribution in [0.2, 0.25) is 0 Å². The van der Waals surface area contributed by atoms with E-state index in [1.165, 1.54) is 0 Å².